The third kappa shape index (κ3) is 2.84. The standard InChI is InChI=1S/C11H16BrN3O/c1-7-4-2-3-5-8(7)16-11-14-9(12)6-10(13)15-11/h6-8H,2-5H2,1H3,(H2,13,14,15). The van der Waals surface area contributed by atoms with Crippen LogP contribution in [0, 0.1) is 5.92 Å². The number of halogens is 1. The minimum Gasteiger partial charge on any atom is -0.460 e. The van der Waals surface area contributed by atoms with Crippen LogP contribution in [0.2, 0.25) is 0 Å². The quantitative estimate of drug-likeness (QED) is 0.849. The van der Waals surface area contributed by atoms with Crippen molar-refractivity contribution in [3.05, 3.63) is 10.7 Å². The molecule has 4 nitrogen and oxygen atoms in total. The minimum atomic E-state index is 0.224. The third-order valence-electron chi connectivity index (χ3n) is 2.98. The van der Waals surface area contributed by atoms with Crippen molar-refractivity contribution >= 4 is 21.7 Å². The highest BCUT2D eigenvalue weighted by atomic mass is 79.9. The predicted octanol–water partition coefficient (Wildman–Crippen LogP) is 2.78. The Labute approximate surface area is 104 Å². The lowest BCUT2D eigenvalue weighted by molar-refractivity contribution is 0.0923. The van der Waals surface area contributed by atoms with Gasteiger partial charge in [-0.2, -0.15) is 9.97 Å². The monoisotopic (exact) mass is 285 g/mol. The topological polar surface area (TPSA) is 61.0 Å². The molecule has 0 amide bonds. The fourth-order valence-corrected chi connectivity index (χ4v) is 2.45. The van der Waals surface area contributed by atoms with Gasteiger partial charge in [0.15, 0.2) is 0 Å². The molecule has 1 saturated carbocycles. The van der Waals surface area contributed by atoms with Gasteiger partial charge in [-0.05, 0) is 41.1 Å². The van der Waals surface area contributed by atoms with Crippen molar-refractivity contribution in [1.29, 1.82) is 0 Å². The van der Waals surface area contributed by atoms with E-state index in [1.165, 1.54) is 19.3 Å². The van der Waals surface area contributed by atoms with Crippen LogP contribution in [0.25, 0.3) is 0 Å². The number of nitrogens with zero attached hydrogens (tertiary/aromatic N) is 2. The molecular weight excluding hydrogens is 270 g/mol. The summed E-state index contributed by atoms with van der Waals surface area (Å²) in [5, 5.41) is 0. The maximum Gasteiger partial charge on any atom is 0.319 e. The zero-order chi connectivity index (χ0) is 11.5. The lowest BCUT2D eigenvalue weighted by Gasteiger charge is -2.28. The number of nitrogens with two attached hydrogens (primary N) is 1. The second kappa shape index (κ2) is 4.99. The Morgan fingerprint density at radius 2 is 2.12 bits per heavy atom. The average Bonchev–Trinajstić information content (AvgIpc) is 2.20. The van der Waals surface area contributed by atoms with Gasteiger partial charge in [0.2, 0.25) is 0 Å². The van der Waals surface area contributed by atoms with Crippen LogP contribution < -0.4 is 10.5 Å². The summed E-state index contributed by atoms with van der Waals surface area (Å²) in [5.41, 5.74) is 5.64. The molecule has 0 aliphatic heterocycles. The molecule has 1 aromatic rings. The third-order valence-corrected chi connectivity index (χ3v) is 3.39. The summed E-state index contributed by atoms with van der Waals surface area (Å²) >= 11 is 3.28. The second-order valence-electron chi connectivity index (χ2n) is 4.32. The normalized spacial score (nSPS) is 25.4. The highest BCUT2D eigenvalue weighted by Gasteiger charge is 2.23. The van der Waals surface area contributed by atoms with Crippen LogP contribution >= 0.6 is 15.9 Å². The Balaban J connectivity index is 2.07. The van der Waals surface area contributed by atoms with Gasteiger partial charge in [-0.15, -0.1) is 0 Å². The molecule has 1 aromatic heterocycles. The van der Waals surface area contributed by atoms with Crippen LogP contribution in [0.4, 0.5) is 5.82 Å². The molecule has 0 aromatic carbocycles. The van der Waals surface area contributed by atoms with Crippen molar-refractivity contribution in [1.82, 2.24) is 9.97 Å². The Hall–Kier alpha value is -0.840. The molecule has 2 rings (SSSR count). The van der Waals surface area contributed by atoms with Crippen LogP contribution in [0.3, 0.4) is 0 Å². The smallest absolute Gasteiger partial charge is 0.319 e. The molecule has 0 bridgehead atoms. The van der Waals surface area contributed by atoms with Crippen LogP contribution in [-0.4, -0.2) is 16.1 Å². The first-order valence-corrected chi connectivity index (χ1v) is 6.41. The van der Waals surface area contributed by atoms with Crippen molar-refractivity contribution in [2.75, 3.05) is 5.73 Å². The van der Waals surface area contributed by atoms with Gasteiger partial charge >= 0.3 is 6.01 Å². The van der Waals surface area contributed by atoms with E-state index in [0.29, 0.717) is 22.3 Å². The molecule has 1 heterocycles. The Kier molecular flexibility index (Phi) is 3.63. The van der Waals surface area contributed by atoms with Crippen LogP contribution in [0.15, 0.2) is 10.7 Å². The Morgan fingerprint density at radius 1 is 1.38 bits per heavy atom. The molecule has 1 aliphatic carbocycles. The summed E-state index contributed by atoms with van der Waals surface area (Å²) in [4.78, 5) is 8.24. The van der Waals surface area contributed by atoms with Gasteiger partial charge in [0.05, 0.1) is 0 Å². The first kappa shape index (κ1) is 11.6. The number of aromatic nitrogens is 2. The molecule has 0 saturated heterocycles. The van der Waals surface area contributed by atoms with E-state index in [4.69, 9.17) is 10.5 Å². The maximum absolute atomic E-state index is 5.80. The number of hydrogen-bond acceptors (Lipinski definition) is 4. The number of ether oxygens (including phenoxy) is 1. The zero-order valence-electron chi connectivity index (χ0n) is 9.32. The first-order chi connectivity index (χ1) is 7.65. The van der Waals surface area contributed by atoms with Gasteiger partial charge in [-0.3, -0.25) is 0 Å². The molecule has 16 heavy (non-hydrogen) atoms. The van der Waals surface area contributed by atoms with E-state index in [1.54, 1.807) is 6.07 Å². The molecule has 88 valence electrons. The van der Waals surface area contributed by atoms with E-state index in [1.807, 2.05) is 0 Å². The summed E-state index contributed by atoms with van der Waals surface area (Å²) in [6.07, 6.45) is 5.04. The highest BCUT2D eigenvalue weighted by Crippen LogP contribution is 2.27. The largest absolute Gasteiger partial charge is 0.460 e. The highest BCUT2D eigenvalue weighted by molar-refractivity contribution is 9.10. The Bertz CT molecular complexity index is 352. The molecule has 2 N–H and O–H groups in total. The summed E-state index contributed by atoms with van der Waals surface area (Å²) in [6, 6.07) is 2.04. The van der Waals surface area contributed by atoms with Crippen molar-refractivity contribution in [2.24, 2.45) is 5.92 Å². The molecule has 1 aliphatic rings. The van der Waals surface area contributed by atoms with Crippen LogP contribution in [0.1, 0.15) is 32.6 Å². The summed E-state index contributed by atoms with van der Waals surface area (Å²) < 4.78 is 6.46. The molecule has 2 atom stereocenters. The minimum absolute atomic E-state index is 0.224. The van der Waals surface area contributed by atoms with E-state index in [2.05, 4.69) is 32.8 Å². The molecule has 0 radical (unpaired) electrons. The molecule has 2 unspecified atom stereocenters. The van der Waals surface area contributed by atoms with E-state index in [-0.39, 0.29) is 6.10 Å². The number of nitrogen functional groups attached to an aromatic ring is 1. The van der Waals surface area contributed by atoms with E-state index in [9.17, 15) is 0 Å². The molecular formula is C11H16BrN3O. The lowest BCUT2D eigenvalue weighted by Crippen LogP contribution is -2.29. The van der Waals surface area contributed by atoms with Crippen molar-refractivity contribution in [3.63, 3.8) is 0 Å². The first-order valence-electron chi connectivity index (χ1n) is 5.62. The number of anilines is 1. The number of rotatable bonds is 2. The average molecular weight is 286 g/mol. The fraction of sp³-hybridized carbons (Fsp3) is 0.636. The summed E-state index contributed by atoms with van der Waals surface area (Å²) in [7, 11) is 0. The van der Waals surface area contributed by atoms with E-state index < -0.39 is 0 Å². The summed E-state index contributed by atoms with van der Waals surface area (Å²) in [6.45, 7) is 2.21. The molecule has 0 spiro atoms. The fourth-order valence-electron chi connectivity index (χ4n) is 2.06. The zero-order valence-corrected chi connectivity index (χ0v) is 10.9. The predicted molar refractivity (Wildman–Crippen MR) is 66.2 cm³/mol. The lowest BCUT2D eigenvalue weighted by atomic mass is 9.88. The van der Waals surface area contributed by atoms with Crippen LogP contribution in [0.5, 0.6) is 6.01 Å². The van der Waals surface area contributed by atoms with Crippen molar-refractivity contribution in [3.8, 4) is 6.01 Å². The van der Waals surface area contributed by atoms with Gasteiger partial charge in [-0.1, -0.05) is 13.3 Å². The van der Waals surface area contributed by atoms with Gasteiger partial charge in [0, 0.05) is 6.07 Å². The van der Waals surface area contributed by atoms with Gasteiger partial charge in [0.25, 0.3) is 0 Å². The van der Waals surface area contributed by atoms with Gasteiger partial charge in [0.1, 0.15) is 16.5 Å². The van der Waals surface area contributed by atoms with Gasteiger partial charge in [-0.25, -0.2) is 0 Å². The van der Waals surface area contributed by atoms with Gasteiger partial charge < -0.3 is 10.5 Å². The molecule has 1 fully saturated rings. The Morgan fingerprint density at radius 3 is 2.81 bits per heavy atom. The second-order valence-corrected chi connectivity index (χ2v) is 5.13. The maximum atomic E-state index is 5.80. The van der Waals surface area contributed by atoms with E-state index in [0.717, 1.165) is 6.42 Å². The molecule has 5 heteroatoms. The summed E-state index contributed by atoms with van der Waals surface area (Å²) in [5.74, 6) is 0.998. The SMILES string of the molecule is CC1CCCCC1Oc1nc(N)cc(Br)n1. The van der Waals surface area contributed by atoms with E-state index >= 15 is 0 Å². The van der Waals surface area contributed by atoms with Crippen molar-refractivity contribution in [2.45, 2.75) is 38.7 Å². The van der Waals surface area contributed by atoms with Crippen molar-refractivity contribution < 1.29 is 4.74 Å². The number of hydrogen-bond donors (Lipinski definition) is 1. The van der Waals surface area contributed by atoms with Crippen LogP contribution in [-0.2, 0) is 0 Å².